The quantitative estimate of drug-likeness (QED) is 0.0946. The first-order valence-corrected chi connectivity index (χ1v) is 21.0. The molecule has 0 aromatic heterocycles. The Balaban J connectivity index is 1.14. The number of benzene rings is 11. The molecule has 280 valence electrons. The number of nitrogens with zero attached hydrogens (tertiary/aromatic N) is 2. The molecule has 0 saturated carbocycles. The zero-order chi connectivity index (χ0) is 39.3. The first-order valence-electron chi connectivity index (χ1n) is 21.0. The predicted molar refractivity (Wildman–Crippen MR) is 257 cm³/mol. The number of fused-ring (bicyclic) bond motifs is 2. The molecule has 0 atom stereocenters. The lowest BCUT2D eigenvalue weighted by molar-refractivity contribution is 1.22. The van der Waals surface area contributed by atoms with Gasteiger partial charge in [-0.2, -0.15) is 0 Å². The van der Waals surface area contributed by atoms with Crippen LogP contribution in [0.2, 0.25) is 0 Å². The summed E-state index contributed by atoms with van der Waals surface area (Å²) in [5.41, 5.74) is 12.5. The van der Waals surface area contributed by atoms with Gasteiger partial charge in [0.2, 0.25) is 0 Å². The lowest BCUT2D eigenvalue weighted by Crippen LogP contribution is -2.15. The highest BCUT2D eigenvalue weighted by Crippen LogP contribution is 2.54. The van der Waals surface area contributed by atoms with E-state index in [9.17, 15) is 0 Å². The molecule has 0 radical (unpaired) electrons. The fourth-order valence-electron chi connectivity index (χ4n) is 10.6. The average molecular weight is 763 g/mol. The number of para-hydroxylation sites is 2. The van der Waals surface area contributed by atoms with Crippen molar-refractivity contribution in [1.29, 1.82) is 0 Å². The van der Waals surface area contributed by atoms with Crippen LogP contribution in [0.3, 0.4) is 0 Å². The van der Waals surface area contributed by atoms with Gasteiger partial charge in [-0.25, -0.2) is 0 Å². The van der Waals surface area contributed by atoms with Gasteiger partial charge in [-0.1, -0.05) is 170 Å². The Bertz CT molecular complexity index is 3530. The molecule has 11 aromatic carbocycles. The summed E-state index contributed by atoms with van der Waals surface area (Å²) in [6, 6.07) is 70.0. The summed E-state index contributed by atoms with van der Waals surface area (Å²) in [4.78, 5) is 5.07. The van der Waals surface area contributed by atoms with Gasteiger partial charge in [-0.15, -0.1) is 0 Å². The summed E-state index contributed by atoms with van der Waals surface area (Å²) in [5.74, 6) is 0. The Kier molecular flexibility index (Phi) is 7.17. The predicted octanol–water partition coefficient (Wildman–Crippen LogP) is 16.3. The van der Waals surface area contributed by atoms with Crippen molar-refractivity contribution in [2.24, 2.45) is 0 Å². The number of anilines is 6. The fraction of sp³-hybridized carbons (Fsp3) is 0.0345. The highest BCUT2D eigenvalue weighted by molar-refractivity contribution is 6.28. The molecular weight excluding hydrogens is 725 g/mol. The van der Waals surface area contributed by atoms with Crippen LogP contribution >= 0.6 is 0 Å². The second-order valence-electron chi connectivity index (χ2n) is 16.3. The normalized spacial score (nSPS) is 13.2. The Morgan fingerprint density at radius 1 is 0.350 bits per heavy atom. The van der Waals surface area contributed by atoms with Gasteiger partial charge in [0.15, 0.2) is 0 Å². The van der Waals surface area contributed by atoms with E-state index in [1.54, 1.807) is 0 Å². The lowest BCUT2D eigenvalue weighted by Gasteiger charge is -2.34. The van der Waals surface area contributed by atoms with E-state index >= 15 is 0 Å². The van der Waals surface area contributed by atoms with Gasteiger partial charge in [0.05, 0.1) is 22.7 Å². The second kappa shape index (κ2) is 12.9. The molecule has 13 rings (SSSR count). The van der Waals surface area contributed by atoms with Crippen molar-refractivity contribution >= 4 is 110 Å². The van der Waals surface area contributed by atoms with Crippen molar-refractivity contribution < 1.29 is 0 Å². The summed E-state index contributed by atoms with van der Waals surface area (Å²) in [7, 11) is 0. The van der Waals surface area contributed by atoms with Gasteiger partial charge in [0.1, 0.15) is 0 Å². The van der Waals surface area contributed by atoms with E-state index in [-0.39, 0.29) is 0 Å². The Hall–Kier alpha value is -7.68. The molecule has 0 aliphatic heterocycles. The number of allylic oxidation sites excluding steroid dienone is 3. The van der Waals surface area contributed by atoms with Crippen LogP contribution in [0.4, 0.5) is 34.1 Å². The Morgan fingerprint density at radius 3 is 1.47 bits per heavy atom. The monoisotopic (exact) mass is 762 g/mol. The summed E-state index contributed by atoms with van der Waals surface area (Å²) in [6.45, 7) is 0. The van der Waals surface area contributed by atoms with Crippen LogP contribution < -0.4 is 9.80 Å². The van der Waals surface area contributed by atoms with Crippen molar-refractivity contribution in [1.82, 2.24) is 0 Å². The van der Waals surface area contributed by atoms with E-state index in [0.717, 1.165) is 29.9 Å². The van der Waals surface area contributed by atoms with Crippen LogP contribution in [0, 0.1) is 0 Å². The standard InChI is InChI=1S/C58H38N2/c1-3-17-43(18-4-1)59(51-35-31-41-27-25-37-13-11-15-39-29-33-49(51)55(41)53(37)39)57-45-21-7-9-23-47(45)58(48-24-10-8-22-46(48)57)60(44-19-5-2-6-20-44)52-36-32-42-28-26-38-14-12-16-40-30-34-50(52)56(42)54(38)40/h1-13,15-27,29-36H,14,28H2. The third-order valence-corrected chi connectivity index (χ3v) is 13.1. The summed E-state index contributed by atoms with van der Waals surface area (Å²) in [6.07, 6.45) is 9.01. The molecule has 2 nitrogen and oxygen atoms in total. The maximum atomic E-state index is 2.54. The molecular formula is C58H38N2. The largest absolute Gasteiger partial charge is 0.309 e. The van der Waals surface area contributed by atoms with Crippen LogP contribution in [-0.4, -0.2) is 0 Å². The zero-order valence-corrected chi connectivity index (χ0v) is 32.9. The van der Waals surface area contributed by atoms with E-state index in [4.69, 9.17) is 0 Å². The van der Waals surface area contributed by atoms with Crippen molar-refractivity contribution in [2.75, 3.05) is 9.80 Å². The van der Waals surface area contributed by atoms with Crippen LogP contribution in [0.5, 0.6) is 0 Å². The average Bonchev–Trinajstić information content (AvgIpc) is 3.32. The highest BCUT2D eigenvalue weighted by Gasteiger charge is 2.29. The van der Waals surface area contributed by atoms with Gasteiger partial charge in [0, 0.05) is 43.7 Å². The van der Waals surface area contributed by atoms with Gasteiger partial charge in [-0.3, -0.25) is 0 Å². The van der Waals surface area contributed by atoms with E-state index in [1.807, 2.05) is 0 Å². The molecule has 2 heteroatoms. The smallest absolute Gasteiger partial charge is 0.0620 e. The number of hydrogen-bond acceptors (Lipinski definition) is 2. The molecule has 0 spiro atoms. The van der Waals surface area contributed by atoms with Crippen molar-refractivity contribution in [3.63, 3.8) is 0 Å². The maximum Gasteiger partial charge on any atom is 0.0620 e. The minimum absolute atomic E-state index is 0.959. The number of hydrogen-bond donors (Lipinski definition) is 0. The first kappa shape index (κ1) is 33.3. The van der Waals surface area contributed by atoms with Gasteiger partial charge in [-0.05, 0) is 104 Å². The van der Waals surface area contributed by atoms with E-state index in [0.29, 0.717) is 0 Å². The topological polar surface area (TPSA) is 6.48 Å². The molecule has 11 aromatic rings. The lowest BCUT2D eigenvalue weighted by atomic mass is 9.81. The summed E-state index contributed by atoms with van der Waals surface area (Å²) < 4.78 is 0. The molecule has 0 amide bonds. The second-order valence-corrected chi connectivity index (χ2v) is 16.3. The van der Waals surface area contributed by atoms with Gasteiger partial charge >= 0.3 is 0 Å². The minimum atomic E-state index is 0.959. The third-order valence-electron chi connectivity index (χ3n) is 13.1. The van der Waals surface area contributed by atoms with Crippen LogP contribution in [0.1, 0.15) is 23.1 Å². The Morgan fingerprint density at radius 2 is 0.850 bits per heavy atom. The molecule has 60 heavy (non-hydrogen) atoms. The van der Waals surface area contributed by atoms with Crippen LogP contribution in [0.15, 0.2) is 200 Å². The third kappa shape index (κ3) is 4.76. The molecule has 0 fully saturated rings. The molecule has 0 bridgehead atoms. The van der Waals surface area contributed by atoms with Crippen molar-refractivity contribution in [2.45, 2.75) is 12.8 Å². The Labute approximate surface area is 348 Å². The fourth-order valence-corrected chi connectivity index (χ4v) is 10.6. The molecule has 0 N–H and O–H groups in total. The van der Waals surface area contributed by atoms with Crippen molar-refractivity contribution in [3.8, 4) is 0 Å². The van der Waals surface area contributed by atoms with Gasteiger partial charge in [0.25, 0.3) is 0 Å². The van der Waals surface area contributed by atoms with E-state index in [2.05, 4.69) is 216 Å². The van der Waals surface area contributed by atoms with Crippen LogP contribution in [0.25, 0.3) is 76.3 Å². The molecule has 0 unspecified atom stereocenters. The maximum absolute atomic E-state index is 2.54. The number of rotatable bonds is 6. The summed E-state index contributed by atoms with van der Waals surface area (Å²) >= 11 is 0. The van der Waals surface area contributed by atoms with Crippen LogP contribution in [-0.2, 0) is 6.42 Å². The molecule has 2 aliphatic carbocycles. The molecule has 2 aliphatic rings. The highest BCUT2D eigenvalue weighted by atomic mass is 15.2. The van der Waals surface area contributed by atoms with Crippen molar-refractivity contribution in [3.05, 3.63) is 217 Å². The minimum Gasteiger partial charge on any atom is -0.309 e. The molecule has 0 heterocycles. The van der Waals surface area contributed by atoms with E-state index < -0.39 is 0 Å². The van der Waals surface area contributed by atoms with Gasteiger partial charge < -0.3 is 9.80 Å². The SMILES string of the molecule is C1=Cc2ccc3c(N(c4ccccc4)c4c5ccccc5c(N(c5ccccc5)c5ccc6ccc7cccc8ccc5c6c78)c5ccccc45)ccc4c3c2C(=CC4)C1. The first-order chi connectivity index (χ1) is 29.8. The van der Waals surface area contributed by atoms with E-state index in [1.165, 1.54) is 104 Å². The summed E-state index contributed by atoms with van der Waals surface area (Å²) in [5, 5.41) is 15.1. The zero-order valence-electron chi connectivity index (χ0n) is 32.9. The molecule has 0 saturated heterocycles.